The minimum Gasteiger partial charge on any atom is -0.497 e. The van der Waals surface area contributed by atoms with E-state index in [1.807, 2.05) is 0 Å². The third-order valence-electron chi connectivity index (χ3n) is 3.85. The van der Waals surface area contributed by atoms with Gasteiger partial charge in [0.1, 0.15) is 18.1 Å². The Balaban J connectivity index is 1.68. The van der Waals surface area contributed by atoms with Crippen LogP contribution in [0.2, 0.25) is 10.0 Å². The molecule has 1 aliphatic heterocycles. The fraction of sp³-hybridized carbons (Fsp3) is 0.167. The second-order valence-corrected chi connectivity index (χ2v) is 6.34. The number of rotatable bonds is 6. The van der Waals surface area contributed by atoms with E-state index in [1.54, 1.807) is 24.3 Å². The van der Waals surface area contributed by atoms with E-state index in [0.717, 1.165) is 9.80 Å². The van der Waals surface area contributed by atoms with Crippen molar-refractivity contribution in [2.24, 2.45) is 0 Å². The maximum atomic E-state index is 12.5. The molecule has 1 heterocycles. The van der Waals surface area contributed by atoms with Gasteiger partial charge in [-0.3, -0.25) is 14.5 Å². The van der Waals surface area contributed by atoms with Crippen molar-refractivity contribution in [2.45, 2.75) is 0 Å². The van der Waals surface area contributed by atoms with Crippen molar-refractivity contribution in [3.05, 3.63) is 52.5 Å². The largest absolute Gasteiger partial charge is 0.497 e. The smallest absolute Gasteiger partial charge is 0.339 e. The van der Waals surface area contributed by atoms with Crippen molar-refractivity contribution in [1.82, 2.24) is 4.90 Å². The first kappa shape index (κ1) is 19.0. The molecule has 3 rings (SSSR count). The number of urea groups is 1. The first-order valence-corrected chi connectivity index (χ1v) is 8.60. The van der Waals surface area contributed by atoms with Gasteiger partial charge in [-0.2, -0.15) is 0 Å². The lowest BCUT2D eigenvalue weighted by molar-refractivity contribution is -0.139. The van der Waals surface area contributed by atoms with Crippen LogP contribution in [0.5, 0.6) is 11.5 Å². The highest BCUT2D eigenvalue weighted by atomic mass is 35.5. The highest BCUT2D eigenvalue weighted by Gasteiger charge is 2.45. The zero-order chi connectivity index (χ0) is 19.6. The normalized spacial score (nSPS) is 14.1. The first-order chi connectivity index (χ1) is 12.9. The van der Waals surface area contributed by atoms with Crippen LogP contribution in [0.15, 0.2) is 42.5 Å². The Hall–Kier alpha value is -2.77. The van der Waals surface area contributed by atoms with E-state index in [9.17, 15) is 14.4 Å². The third kappa shape index (κ3) is 3.84. The van der Waals surface area contributed by atoms with E-state index >= 15 is 0 Å². The summed E-state index contributed by atoms with van der Waals surface area (Å²) in [5.74, 6) is -0.913. The molecular formula is C18H14Cl2N2O5. The second-order valence-electron chi connectivity index (χ2n) is 5.50. The van der Waals surface area contributed by atoms with Crippen LogP contribution in [-0.4, -0.2) is 43.0 Å². The summed E-state index contributed by atoms with van der Waals surface area (Å²) in [6, 6.07) is 10.2. The van der Waals surface area contributed by atoms with Gasteiger partial charge in [0, 0.05) is 5.02 Å². The van der Waals surface area contributed by atoms with Gasteiger partial charge in [-0.15, -0.1) is 0 Å². The minimum absolute atomic E-state index is 0.0252. The number of ether oxygens (including phenoxy) is 2. The summed E-state index contributed by atoms with van der Waals surface area (Å²) in [7, 11) is 1.50. The Bertz CT molecular complexity index is 901. The molecule has 7 nitrogen and oxygen atoms in total. The number of carbonyl (C=O) groups excluding carboxylic acids is 3. The van der Waals surface area contributed by atoms with Gasteiger partial charge in [0.25, 0.3) is 0 Å². The molecule has 27 heavy (non-hydrogen) atoms. The summed E-state index contributed by atoms with van der Waals surface area (Å²) in [4.78, 5) is 38.5. The number of halogens is 2. The van der Waals surface area contributed by atoms with Gasteiger partial charge in [-0.1, -0.05) is 23.2 Å². The predicted molar refractivity (Wildman–Crippen MR) is 99.5 cm³/mol. The quantitative estimate of drug-likeness (QED) is 0.540. The van der Waals surface area contributed by atoms with Crippen molar-refractivity contribution in [3.63, 3.8) is 0 Å². The van der Waals surface area contributed by atoms with Crippen molar-refractivity contribution < 1.29 is 23.9 Å². The molecule has 0 aliphatic carbocycles. The lowest BCUT2D eigenvalue weighted by Crippen LogP contribution is -2.36. The van der Waals surface area contributed by atoms with Crippen LogP contribution >= 0.6 is 23.2 Å². The monoisotopic (exact) mass is 408 g/mol. The minimum atomic E-state index is -0.922. The van der Waals surface area contributed by atoms with Crippen LogP contribution < -0.4 is 14.4 Å². The van der Waals surface area contributed by atoms with Crippen LogP contribution in [0, 0.1) is 0 Å². The summed E-state index contributed by atoms with van der Waals surface area (Å²) in [6.07, 6.45) is 0. The van der Waals surface area contributed by atoms with Crippen LogP contribution in [0.25, 0.3) is 0 Å². The molecule has 4 amide bonds. The number of carbonyl (C=O) groups is 3. The average molecular weight is 409 g/mol. The van der Waals surface area contributed by atoms with Crippen LogP contribution in [0.3, 0.4) is 0 Å². The van der Waals surface area contributed by atoms with Gasteiger partial charge in [-0.05, 0) is 42.5 Å². The number of anilines is 1. The molecule has 9 heteroatoms. The fourth-order valence-electron chi connectivity index (χ4n) is 2.50. The average Bonchev–Trinajstić information content (AvgIpc) is 2.87. The topological polar surface area (TPSA) is 76.2 Å². The van der Waals surface area contributed by atoms with E-state index < -0.39 is 17.8 Å². The SMILES string of the molecule is COc1ccc(N2C(=O)C(=O)N(CCOc3ccc(Cl)cc3Cl)C2=O)cc1. The van der Waals surface area contributed by atoms with Gasteiger partial charge in [0.15, 0.2) is 0 Å². The van der Waals surface area contributed by atoms with Crippen molar-refractivity contribution in [1.29, 1.82) is 0 Å². The molecule has 2 aromatic rings. The lowest BCUT2D eigenvalue weighted by Gasteiger charge is -2.16. The second kappa shape index (κ2) is 7.85. The number of nitrogens with zero attached hydrogens (tertiary/aromatic N) is 2. The lowest BCUT2D eigenvalue weighted by atomic mass is 10.3. The fourth-order valence-corrected chi connectivity index (χ4v) is 2.96. The van der Waals surface area contributed by atoms with Crippen LogP contribution in [0.4, 0.5) is 10.5 Å². The summed E-state index contributed by atoms with van der Waals surface area (Å²) >= 11 is 11.8. The van der Waals surface area contributed by atoms with E-state index in [0.29, 0.717) is 21.5 Å². The van der Waals surface area contributed by atoms with E-state index in [2.05, 4.69) is 0 Å². The van der Waals surface area contributed by atoms with E-state index in [-0.39, 0.29) is 18.8 Å². The Morgan fingerprint density at radius 1 is 0.963 bits per heavy atom. The molecule has 1 fully saturated rings. The number of imide groups is 2. The summed E-state index contributed by atoms with van der Waals surface area (Å²) in [6.45, 7) is -0.127. The highest BCUT2D eigenvalue weighted by molar-refractivity contribution is 6.52. The van der Waals surface area contributed by atoms with Gasteiger partial charge in [0.2, 0.25) is 0 Å². The molecule has 0 radical (unpaired) electrons. The number of amides is 4. The summed E-state index contributed by atoms with van der Waals surface area (Å²) < 4.78 is 10.5. The third-order valence-corrected chi connectivity index (χ3v) is 4.38. The molecule has 0 aromatic heterocycles. The maximum Gasteiger partial charge on any atom is 0.339 e. The zero-order valence-electron chi connectivity index (χ0n) is 14.1. The number of benzene rings is 2. The Kier molecular flexibility index (Phi) is 5.53. The molecular weight excluding hydrogens is 395 g/mol. The number of methoxy groups -OCH3 is 1. The number of hydrogen-bond acceptors (Lipinski definition) is 5. The molecule has 0 bridgehead atoms. The van der Waals surface area contributed by atoms with Crippen molar-refractivity contribution in [2.75, 3.05) is 25.2 Å². The number of hydrogen-bond donors (Lipinski definition) is 0. The van der Waals surface area contributed by atoms with Gasteiger partial charge < -0.3 is 9.47 Å². The van der Waals surface area contributed by atoms with Gasteiger partial charge >= 0.3 is 17.8 Å². The van der Waals surface area contributed by atoms with E-state index in [1.165, 1.54) is 25.3 Å². The van der Waals surface area contributed by atoms with Crippen molar-refractivity contribution >= 4 is 46.7 Å². The van der Waals surface area contributed by atoms with Gasteiger partial charge in [0.05, 0.1) is 24.4 Å². The van der Waals surface area contributed by atoms with Crippen LogP contribution in [0.1, 0.15) is 0 Å². The van der Waals surface area contributed by atoms with Gasteiger partial charge in [-0.25, -0.2) is 9.69 Å². The standard InChI is InChI=1S/C18H14Cl2N2O5/c1-26-13-5-3-12(4-6-13)22-17(24)16(23)21(18(22)25)8-9-27-15-7-2-11(19)10-14(15)20/h2-7,10H,8-9H2,1H3. The molecule has 0 atom stereocenters. The first-order valence-electron chi connectivity index (χ1n) is 7.84. The maximum absolute atomic E-state index is 12.5. The Labute approximate surface area is 165 Å². The Morgan fingerprint density at radius 2 is 1.67 bits per heavy atom. The van der Waals surface area contributed by atoms with Crippen LogP contribution in [-0.2, 0) is 9.59 Å². The molecule has 1 aliphatic rings. The molecule has 2 aromatic carbocycles. The molecule has 140 valence electrons. The summed E-state index contributed by atoms with van der Waals surface area (Å²) in [5, 5.41) is 0.760. The summed E-state index contributed by atoms with van der Waals surface area (Å²) in [5.41, 5.74) is 0.281. The van der Waals surface area contributed by atoms with Crippen molar-refractivity contribution in [3.8, 4) is 11.5 Å². The predicted octanol–water partition coefficient (Wildman–Crippen LogP) is 3.38. The zero-order valence-corrected chi connectivity index (χ0v) is 15.7. The molecule has 0 N–H and O–H groups in total. The molecule has 0 saturated carbocycles. The van der Waals surface area contributed by atoms with E-state index in [4.69, 9.17) is 32.7 Å². The molecule has 1 saturated heterocycles. The molecule has 0 unspecified atom stereocenters. The molecule has 0 spiro atoms. The Morgan fingerprint density at radius 3 is 2.30 bits per heavy atom. The highest BCUT2D eigenvalue weighted by Crippen LogP contribution is 2.28.